The molecule has 1 N–H and O–H groups in total. The maximum Gasteiger partial charge on any atom is 0.133 e. The van der Waals surface area contributed by atoms with Crippen LogP contribution in [0.15, 0.2) is 22.7 Å². The highest BCUT2D eigenvalue weighted by atomic mass is 79.9. The summed E-state index contributed by atoms with van der Waals surface area (Å²) in [6.45, 7) is 1.01. The lowest BCUT2D eigenvalue weighted by molar-refractivity contribution is 0.301. The first-order valence-electron chi connectivity index (χ1n) is 5.39. The number of nitrogens with one attached hydrogen (secondary N) is 1. The number of halogens is 1. The molecule has 2 nitrogen and oxygen atoms in total. The first-order chi connectivity index (χ1) is 7.29. The third-order valence-corrected chi connectivity index (χ3v) is 3.10. The van der Waals surface area contributed by atoms with E-state index in [0.717, 1.165) is 23.2 Å². The van der Waals surface area contributed by atoms with E-state index in [9.17, 15) is 0 Å². The summed E-state index contributed by atoms with van der Waals surface area (Å²) in [7, 11) is 1.97. The molecule has 0 amide bonds. The third-order valence-electron chi connectivity index (χ3n) is 2.48. The molecule has 3 heteroatoms. The van der Waals surface area contributed by atoms with Crippen molar-refractivity contribution in [1.82, 2.24) is 5.32 Å². The van der Waals surface area contributed by atoms with Crippen molar-refractivity contribution in [2.24, 2.45) is 0 Å². The Hall–Kier alpha value is -0.540. The van der Waals surface area contributed by atoms with Crippen molar-refractivity contribution < 1.29 is 4.74 Å². The molecule has 0 saturated heterocycles. The minimum atomic E-state index is 0.462. The standard InChI is InChI=1S/C12H16BrNO/c1-14-7-6-9-2-5-12(11(13)8-9)15-10-3-4-10/h2,5,8,10,14H,3-4,6-7H2,1H3. The summed E-state index contributed by atoms with van der Waals surface area (Å²) < 4.78 is 6.83. The summed E-state index contributed by atoms with van der Waals surface area (Å²) in [5.74, 6) is 0.978. The normalized spacial score (nSPS) is 15.3. The Kier molecular flexibility index (Phi) is 3.65. The average molecular weight is 270 g/mol. The highest BCUT2D eigenvalue weighted by Gasteiger charge is 2.24. The van der Waals surface area contributed by atoms with E-state index in [0.29, 0.717) is 6.10 Å². The third kappa shape index (κ3) is 3.21. The molecule has 0 aliphatic heterocycles. The van der Waals surface area contributed by atoms with E-state index in [4.69, 9.17) is 4.74 Å². The van der Waals surface area contributed by atoms with Gasteiger partial charge in [0.15, 0.2) is 0 Å². The van der Waals surface area contributed by atoms with Crippen molar-refractivity contribution in [2.45, 2.75) is 25.4 Å². The maximum atomic E-state index is 5.75. The molecule has 1 aromatic rings. The molecule has 1 saturated carbocycles. The van der Waals surface area contributed by atoms with Gasteiger partial charge in [0.05, 0.1) is 10.6 Å². The molecule has 0 aromatic heterocycles. The van der Waals surface area contributed by atoms with Gasteiger partial charge in [-0.15, -0.1) is 0 Å². The van der Waals surface area contributed by atoms with E-state index >= 15 is 0 Å². The molecule has 1 aromatic carbocycles. The van der Waals surface area contributed by atoms with Crippen molar-refractivity contribution in [3.8, 4) is 5.75 Å². The molecule has 0 bridgehead atoms. The number of ether oxygens (including phenoxy) is 1. The van der Waals surface area contributed by atoms with Crippen LogP contribution in [0.2, 0.25) is 0 Å². The largest absolute Gasteiger partial charge is 0.489 e. The maximum absolute atomic E-state index is 5.75. The fourth-order valence-corrected chi connectivity index (χ4v) is 1.95. The lowest BCUT2D eigenvalue weighted by atomic mass is 10.1. The molecule has 1 aliphatic carbocycles. The first kappa shape index (κ1) is 11.0. The van der Waals surface area contributed by atoms with Gasteiger partial charge in [0.1, 0.15) is 5.75 Å². The van der Waals surface area contributed by atoms with Gasteiger partial charge in [-0.05, 0) is 66.5 Å². The van der Waals surface area contributed by atoms with Gasteiger partial charge in [0.25, 0.3) is 0 Å². The van der Waals surface area contributed by atoms with Gasteiger partial charge in [0.2, 0.25) is 0 Å². The van der Waals surface area contributed by atoms with Crippen molar-refractivity contribution in [1.29, 1.82) is 0 Å². The van der Waals surface area contributed by atoms with Gasteiger partial charge in [0, 0.05) is 0 Å². The second-order valence-corrected chi connectivity index (χ2v) is 4.79. The number of likely N-dealkylation sites (N-methyl/N-ethyl adjacent to an activating group) is 1. The fraction of sp³-hybridized carbons (Fsp3) is 0.500. The van der Waals surface area contributed by atoms with Crippen molar-refractivity contribution in [2.75, 3.05) is 13.6 Å². The predicted octanol–water partition coefficient (Wildman–Crippen LogP) is 2.75. The van der Waals surface area contributed by atoms with Gasteiger partial charge in [-0.25, -0.2) is 0 Å². The minimum Gasteiger partial charge on any atom is -0.489 e. The van der Waals surface area contributed by atoms with Crippen LogP contribution < -0.4 is 10.1 Å². The van der Waals surface area contributed by atoms with E-state index < -0.39 is 0 Å². The quantitative estimate of drug-likeness (QED) is 0.888. The van der Waals surface area contributed by atoms with Crippen LogP contribution in [0.25, 0.3) is 0 Å². The molecular weight excluding hydrogens is 254 g/mol. The molecule has 1 fully saturated rings. The van der Waals surface area contributed by atoms with Crippen molar-refractivity contribution in [3.05, 3.63) is 28.2 Å². The summed E-state index contributed by atoms with van der Waals surface area (Å²) in [4.78, 5) is 0. The molecular formula is C12H16BrNO. The molecule has 2 rings (SSSR count). The number of hydrogen-bond acceptors (Lipinski definition) is 2. The molecule has 82 valence electrons. The zero-order valence-corrected chi connectivity index (χ0v) is 10.5. The van der Waals surface area contributed by atoms with Gasteiger partial charge in [-0.2, -0.15) is 0 Å². The molecule has 1 aliphatic rings. The van der Waals surface area contributed by atoms with Gasteiger partial charge in [-0.3, -0.25) is 0 Å². The molecule has 0 heterocycles. The monoisotopic (exact) mass is 269 g/mol. The molecule has 15 heavy (non-hydrogen) atoms. The van der Waals surface area contributed by atoms with Gasteiger partial charge >= 0.3 is 0 Å². The van der Waals surface area contributed by atoms with Crippen LogP contribution in [0.3, 0.4) is 0 Å². The first-order valence-corrected chi connectivity index (χ1v) is 6.18. The second kappa shape index (κ2) is 4.99. The minimum absolute atomic E-state index is 0.462. The van der Waals surface area contributed by atoms with Crippen LogP contribution in [0.4, 0.5) is 0 Å². The fourth-order valence-electron chi connectivity index (χ4n) is 1.43. The molecule has 0 spiro atoms. The van der Waals surface area contributed by atoms with E-state index in [-0.39, 0.29) is 0 Å². The van der Waals surface area contributed by atoms with Crippen LogP contribution in [-0.2, 0) is 6.42 Å². The van der Waals surface area contributed by atoms with E-state index in [1.807, 2.05) is 7.05 Å². The van der Waals surface area contributed by atoms with Crippen LogP contribution in [0.5, 0.6) is 5.75 Å². The molecule has 0 radical (unpaired) electrons. The second-order valence-electron chi connectivity index (χ2n) is 3.94. The van der Waals surface area contributed by atoms with Crippen molar-refractivity contribution >= 4 is 15.9 Å². The zero-order chi connectivity index (χ0) is 10.7. The van der Waals surface area contributed by atoms with E-state index in [1.165, 1.54) is 18.4 Å². The topological polar surface area (TPSA) is 21.3 Å². The number of hydrogen-bond donors (Lipinski definition) is 1. The van der Waals surface area contributed by atoms with E-state index in [2.05, 4.69) is 39.4 Å². The Morgan fingerprint density at radius 3 is 2.87 bits per heavy atom. The van der Waals surface area contributed by atoms with Crippen LogP contribution >= 0.6 is 15.9 Å². The average Bonchev–Trinajstić information content (AvgIpc) is 3.02. The summed E-state index contributed by atoms with van der Waals surface area (Å²) in [5.41, 5.74) is 1.33. The Labute approximate surface area is 99.1 Å². The molecule has 0 unspecified atom stereocenters. The highest BCUT2D eigenvalue weighted by Crippen LogP contribution is 2.32. The summed E-state index contributed by atoms with van der Waals surface area (Å²) >= 11 is 3.55. The van der Waals surface area contributed by atoms with Crippen LogP contribution in [-0.4, -0.2) is 19.7 Å². The SMILES string of the molecule is CNCCc1ccc(OC2CC2)c(Br)c1. The van der Waals surface area contributed by atoms with Crippen molar-refractivity contribution in [3.63, 3.8) is 0 Å². The van der Waals surface area contributed by atoms with Crippen LogP contribution in [0, 0.1) is 0 Å². The number of benzene rings is 1. The Bertz CT molecular complexity index is 336. The Balaban J connectivity index is 2.00. The Morgan fingerprint density at radius 2 is 2.27 bits per heavy atom. The van der Waals surface area contributed by atoms with Crippen LogP contribution in [0.1, 0.15) is 18.4 Å². The van der Waals surface area contributed by atoms with Gasteiger partial charge in [-0.1, -0.05) is 6.07 Å². The predicted molar refractivity (Wildman–Crippen MR) is 65.4 cm³/mol. The summed E-state index contributed by atoms with van der Waals surface area (Å²) in [6.07, 6.45) is 3.92. The summed E-state index contributed by atoms with van der Waals surface area (Å²) in [5, 5.41) is 3.15. The summed E-state index contributed by atoms with van der Waals surface area (Å²) in [6, 6.07) is 6.35. The lowest BCUT2D eigenvalue weighted by Gasteiger charge is -2.08. The molecule has 0 atom stereocenters. The Morgan fingerprint density at radius 1 is 1.47 bits per heavy atom. The zero-order valence-electron chi connectivity index (χ0n) is 8.92. The van der Waals surface area contributed by atoms with E-state index in [1.54, 1.807) is 0 Å². The smallest absolute Gasteiger partial charge is 0.133 e. The highest BCUT2D eigenvalue weighted by molar-refractivity contribution is 9.10. The van der Waals surface area contributed by atoms with Gasteiger partial charge < -0.3 is 10.1 Å². The lowest BCUT2D eigenvalue weighted by Crippen LogP contribution is -2.10. The number of rotatable bonds is 5.